The van der Waals surface area contributed by atoms with E-state index in [1.54, 1.807) is 17.1 Å². The summed E-state index contributed by atoms with van der Waals surface area (Å²) in [5, 5.41) is 8.51. The van der Waals surface area contributed by atoms with Crippen molar-refractivity contribution >= 4 is 12.4 Å². The molecule has 1 saturated carbocycles. The Morgan fingerprint density at radius 2 is 2.17 bits per heavy atom. The molecular formula is C16H19ClN6O. The molecule has 1 aliphatic carbocycles. The molecule has 0 saturated heterocycles. The van der Waals surface area contributed by atoms with E-state index in [0.29, 0.717) is 11.7 Å². The van der Waals surface area contributed by atoms with E-state index in [1.165, 1.54) is 0 Å². The van der Waals surface area contributed by atoms with Crippen LogP contribution in [0.25, 0.3) is 17.3 Å². The molecule has 0 spiro atoms. The van der Waals surface area contributed by atoms with Gasteiger partial charge in [0.2, 0.25) is 0 Å². The molecule has 0 unspecified atom stereocenters. The summed E-state index contributed by atoms with van der Waals surface area (Å²) in [5.41, 5.74) is 7.66. The fraction of sp³-hybridized carbons (Fsp3) is 0.375. The SMILES string of the molecule is CCc1c(-c2nc(C3(N)CCC3)no2)cnn1-c1ccccn1.Cl. The zero-order valence-electron chi connectivity index (χ0n) is 13.3. The molecule has 4 rings (SSSR count). The van der Waals surface area contributed by atoms with Gasteiger partial charge in [-0.3, -0.25) is 0 Å². The molecule has 0 amide bonds. The molecule has 0 radical (unpaired) electrons. The fourth-order valence-corrected chi connectivity index (χ4v) is 2.89. The minimum Gasteiger partial charge on any atom is -0.334 e. The molecule has 3 aromatic heterocycles. The Hall–Kier alpha value is -2.25. The van der Waals surface area contributed by atoms with Crippen molar-refractivity contribution in [2.75, 3.05) is 0 Å². The van der Waals surface area contributed by atoms with Crippen LogP contribution in [0.15, 0.2) is 35.1 Å². The van der Waals surface area contributed by atoms with Crippen LogP contribution in [0.2, 0.25) is 0 Å². The number of aromatic nitrogens is 5. The highest BCUT2D eigenvalue weighted by Crippen LogP contribution is 2.38. The average molecular weight is 347 g/mol. The first-order chi connectivity index (χ1) is 11.2. The van der Waals surface area contributed by atoms with Crippen molar-refractivity contribution in [2.45, 2.75) is 38.1 Å². The normalized spacial score (nSPS) is 15.6. The topological polar surface area (TPSA) is 95.6 Å². The Morgan fingerprint density at radius 3 is 2.79 bits per heavy atom. The quantitative estimate of drug-likeness (QED) is 0.780. The summed E-state index contributed by atoms with van der Waals surface area (Å²) < 4.78 is 7.26. The molecule has 126 valence electrons. The van der Waals surface area contributed by atoms with E-state index >= 15 is 0 Å². The molecule has 8 heteroatoms. The lowest BCUT2D eigenvalue weighted by atomic mass is 9.77. The van der Waals surface area contributed by atoms with Gasteiger partial charge < -0.3 is 10.3 Å². The third kappa shape index (κ3) is 2.59. The second-order valence-electron chi connectivity index (χ2n) is 5.89. The number of hydrogen-bond donors (Lipinski definition) is 1. The van der Waals surface area contributed by atoms with Gasteiger partial charge in [-0.1, -0.05) is 18.1 Å². The number of pyridine rings is 1. The zero-order chi connectivity index (χ0) is 15.9. The van der Waals surface area contributed by atoms with Gasteiger partial charge in [0.1, 0.15) is 0 Å². The summed E-state index contributed by atoms with van der Waals surface area (Å²) in [7, 11) is 0. The zero-order valence-corrected chi connectivity index (χ0v) is 14.2. The van der Waals surface area contributed by atoms with Crippen LogP contribution in [-0.2, 0) is 12.0 Å². The standard InChI is InChI=1S/C16H18N6O.ClH/c1-2-12-11(10-19-22(12)13-6-3-4-9-18-13)14-20-15(21-23-14)16(17)7-5-8-16;/h3-4,6,9-10H,2,5,7-8,17H2,1H3;1H. The van der Waals surface area contributed by atoms with Crippen molar-refractivity contribution < 1.29 is 4.52 Å². The molecule has 1 aliphatic rings. The molecule has 24 heavy (non-hydrogen) atoms. The van der Waals surface area contributed by atoms with E-state index in [0.717, 1.165) is 42.8 Å². The second-order valence-corrected chi connectivity index (χ2v) is 5.89. The van der Waals surface area contributed by atoms with Gasteiger partial charge in [0.05, 0.1) is 23.0 Å². The summed E-state index contributed by atoms with van der Waals surface area (Å²) in [6.07, 6.45) is 7.18. The molecule has 0 aromatic carbocycles. The van der Waals surface area contributed by atoms with E-state index in [2.05, 4.69) is 27.1 Å². The molecule has 7 nitrogen and oxygen atoms in total. The predicted molar refractivity (Wildman–Crippen MR) is 91.0 cm³/mol. The summed E-state index contributed by atoms with van der Waals surface area (Å²) in [4.78, 5) is 8.86. The smallest absolute Gasteiger partial charge is 0.261 e. The van der Waals surface area contributed by atoms with E-state index in [4.69, 9.17) is 10.3 Å². The molecule has 0 atom stereocenters. The van der Waals surface area contributed by atoms with E-state index in [-0.39, 0.29) is 12.4 Å². The van der Waals surface area contributed by atoms with Crippen molar-refractivity contribution in [2.24, 2.45) is 5.73 Å². The summed E-state index contributed by atoms with van der Waals surface area (Å²) in [5.74, 6) is 1.83. The summed E-state index contributed by atoms with van der Waals surface area (Å²) in [6, 6.07) is 5.73. The van der Waals surface area contributed by atoms with Crippen LogP contribution in [0, 0.1) is 0 Å². The number of nitrogens with zero attached hydrogens (tertiary/aromatic N) is 5. The monoisotopic (exact) mass is 346 g/mol. The van der Waals surface area contributed by atoms with Gasteiger partial charge in [-0.05, 0) is 37.8 Å². The van der Waals surface area contributed by atoms with E-state index in [9.17, 15) is 0 Å². The fourth-order valence-electron chi connectivity index (χ4n) is 2.89. The Balaban J connectivity index is 0.00000169. The first-order valence-corrected chi connectivity index (χ1v) is 7.83. The van der Waals surface area contributed by atoms with Gasteiger partial charge in [0, 0.05) is 6.20 Å². The van der Waals surface area contributed by atoms with Crippen LogP contribution in [0.5, 0.6) is 0 Å². The summed E-state index contributed by atoms with van der Waals surface area (Å²) in [6.45, 7) is 2.06. The molecule has 3 heterocycles. The Kier molecular flexibility index (Phi) is 4.38. The number of rotatable bonds is 4. The highest BCUT2D eigenvalue weighted by atomic mass is 35.5. The van der Waals surface area contributed by atoms with Gasteiger partial charge in [0.25, 0.3) is 5.89 Å². The number of nitrogens with two attached hydrogens (primary N) is 1. The largest absolute Gasteiger partial charge is 0.334 e. The summed E-state index contributed by atoms with van der Waals surface area (Å²) >= 11 is 0. The lowest BCUT2D eigenvalue weighted by Crippen LogP contribution is -2.44. The van der Waals surface area contributed by atoms with Gasteiger partial charge in [-0.2, -0.15) is 10.1 Å². The molecule has 0 bridgehead atoms. The van der Waals surface area contributed by atoms with Crippen LogP contribution in [0.3, 0.4) is 0 Å². The third-order valence-electron chi connectivity index (χ3n) is 4.42. The average Bonchev–Trinajstić information content (AvgIpc) is 3.19. The second kappa shape index (κ2) is 6.33. The minimum atomic E-state index is -0.425. The van der Waals surface area contributed by atoms with Crippen molar-refractivity contribution in [3.8, 4) is 17.3 Å². The van der Waals surface area contributed by atoms with E-state index in [1.807, 2.05) is 18.2 Å². The van der Waals surface area contributed by atoms with Gasteiger partial charge in [-0.25, -0.2) is 9.67 Å². The molecule has 3 aromatic rings. The molecule has 0 aliphatic heterocycles. The lowest BCUT2D eigenvalue weighted by molar-refractivity contribution is 0.229. The van der Waals surface area contributed by atoms with Crippen molar-refractivity contribution in [3.05, 3.63) is 42.1 Å². The predicted octanol–water partition coefficient (Wildman–Crippen LogP) is 2.64. The lowest BCUT2D eigenvalue weighted by Gasteiger charge is -2.34. The van der Waals surface area contributed by atoms with Gasteiger partial charge in [-0.15, -0.1) is 12.4 Å². The first kappa shape index (κ1) is 16.6. The Bertz CT molecular complexity index is 824. The van der Waals surface area contributed by atoms with Crippen LogP contribution in [-0.4, -0.2) is 24.9 Å². The molecule has 2 N–H and O–H groups in total. The minimum absolute atomic E-state index is 0. The highest BCUT2D eigenvalue weighted by molar-refractivity contribution is 5.85. The molecule has 1 fully saturated rings. The Morgan fingerprint density at radius 1 is 1.33 bits per heavy atom. The Labute approximate surface area is 145 Å². The maximum absolute atomic E-state index is 6.27. The van der Waals surface area contributed by atoms with Gasteiger partial charge >= 0.3 is 0 Å². The third-order valence-corrected chi connectivity index (χ3v) is 4.42. The maximum Gasteiger partial charge on any atom is 0.261 e. The van der Waals surface area contributed by atoms with Crippen LogP contribution in [0.4, 0.5) is 0 Å². The number of halogens is 1. The van der Waals surface area contributed by atoms with Crippen LogP contribution in [0.1, 0.15) is 37.7 Å². The maximum atomic E-state index is 6.27. The van der Waals surface area contributed by atoms with Crippen LogP contribution < -0.4 is 5.73 Å². The van der Waals surface area contributed by atoms with Crippen molar-refractivity contribution in [1.82, 2.24) is 24.9 Å². The van der Waals surface area contributed by atoms with Crippen molar-refractivity contribution in [3.63, 3.8) is 0 Å². The van der Waals surface area contributed by atoms with Crippen LogP contribution >= 0.6 is 12.4 Å². The van der Waals surface area contributed by atoms with Crippen molar-refractivity contribution in [1.29, 1.82) is 0 Å². The van der Waals surface area contributed by atoms with Gasteiger partial charge in [0.15, 0.2) is 11.6 Å². The first-order valence-electron chi connectivity index (χ1n) is 7.83. The highest BCUT2D eigenvalue weighted by Gasteiger charge is 2.39. The number of hydrogen-bond acceptors (Lipinski definition) is 6. The van der Waals surface area contributed by atoms with E-state index < -0.39 is 5.54 Å². The molecular weight excluding hydrogens is 328 g/mol.